The van der Waals surface area contributed by atoms with Gasteiger partial charge in [-0.1, -0.05) is 18.2 Å². The third-order valence-electron chi connectivity index (χ3n) is 3.99. The minimum atomic E-state index is -0.00206. The first-order valence-electron chi connectivity index (χ1n) is 7.00. The van der Waals surface area contributed by atoms with Crippen molar-refractivity contribution in [3.63, 3.8) is 0 Å². The van der Waals surface area contributed by atoms with Crippen LogP contribution in [0.15, 0.2) is 36.4 Å². The molecule has 4 heteroatoms. The summed E-state index contributed by atoms with van der Waals surface area (Å²) >= 11 is 2.23. The normalized spacial score (nSPS) is 16.6. The molecule has 21 heavy (non-hydrogen) atoms. The number of carbonyl (C=O) groups is 1. The van der Waals surface area contributed by atoms with Gasteiger partial charge in [-0.05, 0) is 77.2 Å². The summed E-state index contributed by atoms with van der Waals surface area (Å²) in [5.41, 5.74) is 10.9. The number of fused-ring (bicyclic) bond motifs is 1. The minimum absolute atomic E-state index is 0.00206. The number of nitrogens with two attached hydrogens (primary N) is 1. The van der Waals surface area contributed by atoms with Crippen LogP contribution >= 0.6 is 22.6 Å². The minimum Gasteiger partial charge on any atom is -0.399 e. The Hall–Kier alpha value is -1.56. The Kier molecular flexibility index (Phi) is 3.89. The van der Waals surface area contributed by atoms with Crippen molar-refractivity contribution in [1.82, 2.24) is 5.32 Å². The van der Waals surface area contributed by atoms with Gasteiger partial charge in [0, 0.05) is 9.26 Å². The van der Waals surface area contributed by atoms with Crippen LogP contribution in [0.25, 0.3) is 0 Å². The van der Waals surface area contributed by atoms with Crippen LogP contribution in [-0.2, 0) is 6.42 Å². The van der Waals surface area contributed by atoms with E-state index in [9.17, 15) is 4.79 Å². The monoisotopic (exact) mass is 392 g/mol. The molecule has 1 atom stereocenters. The van der Waals surface area contributed by atoms with E-state index in [1.165, 1.54) is 11.1 Å². The molecular formula is C17H17IN2O. The molecule has 1 aliphatic rings. The second-order valence-corrected chi connectivity index (χ2v) is 6.54. The van der Waals surface area contributed by atoms with Crippen LogP contribution in [0, 0.1) is 10.5 Å². The zero-order chi connectivity index (χ0) is 15.0. The van der Waals surface area contributed by atoms with Crippen LogP contribution in [0.2, 0.25) is 0 Å². The summed E-state index contributed by atoms with van der Waals surface area (Å²) < 4.78 is 1.02. The maximum atomic E-state index is 12.5. The summed E-state index contributed by atoms with van der Waals surface area (Å²) in [4.78, 5) is 12.5. The number of amides is 1. The zero-order valence-corrected chi connectivity index (χ0v) is 14.0. The van der Waals surface area contributed by atoms with E-state index >= 15 is 0 Å². The van der Waals surface area contributed by atoms with E-state index in [1.807, 2.05) is 43.3 Å². The van der Waals surface area contributed by atoms with E-state index in [0.717, 1.165) is 33.2 Å². The predicted molar refractivity (Wildman–Crippen MR) is 93.3 cm³/mol. The number of aryl methyl sites for hydroxylation is 2. The fourth-order valence-electron chi connectivity index (χ4n) is 2.85. The number of hydrogen-bond acceptors (Lipinski definition) is 2. The number of rotatable bonds is 2. The lowest BCUT2D eigenvalue weighted by Crippen LogP contribution is -2.28. The lowest BCUT2D eigenvalue weighted by molar-refractivity contribution is 0.0935. The Morgan fingerprint density at radius 2 is 2.14 bits per heavy atom. The summed E-state index contributed by atoms with van der Waals surface area (Å²) in [6.07, 6.45) is 1.91. The molecule has 3 rings (SSSR count). The van der Waals surface area contributed by atoms with Crippen LogP contribution in [0.5, 0.6) is 0 Å². The third kappa shape index (κ3) is 2.77. The van der Waals surface area contributed by atoms with Crippen molar-refractivity contribution in [3.8, 4) is 0 Å². The molecule has 2 aromatic carbocycles. The SMILES string of the molecule is Cc1cccc(C(=O)NC2CCc3cc(N)ccc32)c1I. The van der Waals surface area contributed by atoms with Crippen molar-refractivity contribution in [1.29, 1.82) is 0 Å². The van der Waals surface area contributed by atoms with E-state index < -0.39 is 0 Å². The number of hydrogen-bond donors (Lipinski definition) is 2. The van der Waals surface area contributed by atoms with Crippen LogP contribution in [0.1, 0.15) is 39.5 Å². The second-order valence-electron chi connectivity index (χ2n) is 5.46. The molecule has 1 aliphatic carbocycles. The lowest BCUT2D eigenvalue weighted by atomic mass is 10.1. The first kappa shape index (κ1) is 14.4. The molecule has 1 amide bonds. The van der Waals surface area contributed by atoms with E-state index in [2.05, 4.69) is 27.9 Å². The maximum Gasteiger partial charge on any atom is 0.252 e. The molecule has 3 nitrogen and oxygen atoms in total. The van der Waals surface area contributed by atoms with Gasteiger partial charge in [0.05, 0.1) is 11.6 Å². The molecule has 0 spiro atoms. The highest BCUT2D eigenvalue weighted by molar-refractivity contribution is 14.1. The smallest absolute Gasteiger partial charge is 0.252 e. The van der Waals surface area contributed by atoms with E-state index in [1.54, 1.807) is 0 Å². The molecule has 0 aromatic heterocycles. The maximum absolute atomic E-state index is 12.5. The molecule has 0 fully saturated rings. The quantitative estimate of drug-likeness (QED) is 0.606. The van der Waals surface area contributed by atoms with Gasteiger partial charge in [0.15, 0.2) is 0 Å². The molecule has 0 saturated carbocycles. The number of halogens is 1. The van der Waals surface area contributed by atoms with Crippen LogP contribution in [-0.4, -0.2) is 5.91 Å². The van der Waals surface area contributed by atoms with Gasteiger partial charge in [0.1, 0.15) is 0 Å². The zero-order valence-electron chi connectivity index (χ0n) is 11.8. The highest BCUT2D eigenvalue weighted by Crippen LogP contribution is 2.32. The summed E-state index contributed by atoms with van der Waals surface area (Å²) in [5.74, 6) is -0.00206. The summed E-state index contributed by atoms with van der Waals surface area (Å²) in [6, 6.07) is 11.9. The average molecular weight is 392 g/mol. The molecule has 0 radical (unpaired) electrons. The van der Waals surface area contributed by atoms with E-state index in [4.69, 9.17) is 5.73 Å². The van der Waals surface area contributed by atoms with E-state index in [0.29, 0.717) is 0 Å². The van der Waals surface area contributed by atoms with Crippen molar-refractivity contribution in [2.45, 2.75) is 25.8 Å². The topological polar surface area (TPSA) is 55.1 Å². The first-order chi connectivity index (χ1) is 10.1. The highest BCUT2D eigenvalue weighted by Gasteiger charge is 2.25. The number of anilines is 1. The Bertz CT molecular complexity index is 712. The number of nitrogens with one attached hydrogen (secondary N) is 1. The van der Waals surface area contributed by atoms with Gasteiger partial charge >= 0.3 is 0 Å². The van der Waals surface area contributed by atoms with E-state index in [-0.39, 0.29) is 11.9 Å². The average Bonchev–Trinajstić information content (AvgIpc) is 2.84. The molecular weight excluding hydrogens is 375 g/mol. The van der Waals surface area contributed by atoms with Crippen LogP contribution in [0.4, 0.5) is 5.69 Å². The Morgan fingerprint density at radius 3 is 2.95 bits per heavy atom. The lowest BCUT2D eigenvalue weighted by Gasteiger charge is -2.15. The largest absolute Gasteiger partial charge is 0.399 e. The molecule has 1 unspecified atom stereocenters. The van der Waals surface area contributed by atoms with Crippen LogP contribution < -0.4 is 11.1 Å². The van der Waals surface area contributed by atoms with Crippen molar-refractivity contribution < 1.29 is 4.79 Å². The molecule has 0 aliphatic heterocycles. The Labute approximate surface area is 138 Å². The fourth-order valence-corrected chi connectivity index (χ4v) is 3.45. The summed E-state index contributed by atoms with van der Waals surface area (Å²) in [7, 11) is 0. The fraction of sp³-hybridized carbons (Fsp3) is 0.235. The van der Waals surface area contributed by atoms with Gasteiger partial charge in [0.25, 0.3) is 5.91 Å². The number of carbonyl (C=O) groups excluding carboxylic acids is 1. The standard InChI is InChI=1S/C17H17IN2O/c1-10-3-2-4-14(16(10)18)17(21)20-15-8-5-11-9-12(19)6-7-13(11)15/h2-4,6-7,9,15H,5,8,19H2,1H3,(H,20,21). The second kappa shape index (κ2) is 5.67. The summed E-state index contributed by atoms with van der Waals surface area (Å²) in [6.45, 7) is 2.02. The number of nitrogen functional groups attached to an aromatic ring is 1. The van der Waals surface area contributed by atoms with Crippen molar-refractivity contribution in [2.75, 3.05) is 5.73 Å². The van der Waals surface area contributed by atoms with Gasteiger partial charge in [-0.2, -0.15) is 0 Å². The van der Waals surface area contributed by atoms with Crippen LogP contribution in [0.3, 0.4) is 0 Å². The van der Waals surface area contributed by atoms with Gasteiger partial charge in [-0.25, -0.2) is 0 Å². The molecule has 0 heterocycles. The Balaban J connectivity index is 1.83. The van der Waals surface area contributed by atoms with Gasteiger partial charge in [0.2, 0.25) is 0 Å². The van der Waals surface area contributed by atoms with Crippen molar-refractivity contribution >= 4 is 34.2 Å². The molecule has 2 aromatic rings. The van der Waals surface area contributed by atoms with Gasteiger partial charge < -0.3 is 11.1 Å². The highest BCUT2D eigenvalue weighted by atomic mass is 127. The Morgan fingerprint density at radius 1 is 1.33 bits per heavy atom. The number of benzene rings is 2. The molecule has 0 saturated heterocycles. The third-order valence-corrected chi connectivity index (χ3v) is 5.42. The molecule has 0 bridgehead atoms. The van der Waals surface area contributed by atoms with Crippen molar-refractivity contribution in [3.05, 3.63) is 62.2 Å². The molecule has 3 N–H and O–H groups in total. The first-order valence-corrected chi connectivity index (χ1v) is 8.08. The summed E-state index contributed by atoms with van der Waals surface area (Å²) in [5, 5.41) is 3.15. The van der Waals surface area contributed by atoms with Gasteiger partial charge in [-0.3, -0.25) is 4.79 Å². The molecule has 108 valence electrons. The predicted octanol–water partition coefficient (Wildman–Crippen LogP) is 3.60. The van der Waals surface area contributed by atoms with Crippen molar-refractivity contribution in [2.24, 2.45) is 0 Å². The van der Waals surface area contributed by atoms with Gasteiger partial charge in [-0.15, -0.1) is 0 Å².